The number of ketones is 1. The van der Waals surface area contributed by atoms with Gasteiger partial charge in [-0.25, -0.2) is 4.39 Å². The summed E-state index contributed by atoms with van der Waals surface area (Å²) in [5.41, 5.74) is -0.886. The maximum absolute atomic E-state index is 13.2. The molecule has 0 aliphatic heterocycles. The minimum Gasteiger partial charge on any atom is -0.299 e. The average molecular weight is 260 g/mol. The van der Waals surface area contributed by atoms with Gasteiger partial charge in [0, 0.05) is 12.3 Å². The van der Waals surface area contributed by atoms with E-state index in [1.165, 1.54) is 0 Å². The van der Waals surface area contributed by atoms with Crippen LogP contribution in [0.4, 0.5) is 17.6 Å². The Balaban J connectivity index is 2.38. The second-order valence-electron chi connectivity index (χ2n) is 4.54. The fourth-order valence-electron chi connectivity index (χ4n) is 2.31. The van der Waals surface area contributed by atoms with E-state index in [1.807, 2.05) is 0 Å². The lowest BCUT2D eigenvalue weighted by Gasteiger charge is -2.21. The third-order valence-electron chi connectivity index (χ3n) is 3.20. The van der Waals surface area contributed by atoms with Crippen LogP contribution in [0.25, 0.3) is 0 Å². The minimum absolute atomic E-state index is 0.0972. The molecule has 2 rings (SSSR count). The predicted molar refractivity (Wildman–Crippen MR) is 57.6 cm³/mol. The summed E-state index contributed by atoms with van der Waals surface area (Å²) >= 11 is 0. The normalized spacial score (nSPS) is 21.1. The van der Waals surface area contributed by atoms with Crippen LogP contribution in [0.5, 0.6) is 0 Å². The number of hydrogen-bond acceptors (Lipinski definition) is 1. The van der Waals surface area contributed by atoms with Gasteiger partial charge < -0.3 is 0 Å². The summed E-state index contributed by atoms with van der Waals surface area (Å²) in [6.07, 6.45) is -2.18. The third kappa shape index (κ3) is 2.71. The van der Waals surface area contributed by atoms with Crippen molar-refractivity contribution in [1.29, 1.82) is 0 Å². The van der Waals surface area contributed by atoms with Gasteiger partial charge >= 0.3 is 6.18 Å². The molecule has 1 aliphatic rings. The van der Waals surface area contributed by atoms with Gasteiger partial charge in [0.15, 0.2) is 0 Å². The van der Waals surface area contributed by atoms with Crippen molar-refractivity contribution >= 4 is 5.78 Å². The van der Waals surface area contributed by atoms with Crippen LogP contribution in [-0.4, -0.2) is 5.78 Å². The zero-order chi connectivity index (χ0) is 13.3. The van der Waals surface area contributed by atoms with E-state index < -0.39 is 23.5 Å². The summed E-state index contributed by atoms with van der Waals surface area (Å²) in [6.45, 7) is 0. The Kier molecular flexibility index (Phi) is 3.41. The molecule has 0 heterocycles. The number of benzene rings is 1. The van der Waals surface area contributed by atoms with E-state index in [9.17, 15) is 22.4 Å². The van der Waals surface area contributed by atoms with Crippen molar-refractivity contribution < 1.29 is 22.4 Å². The van der Waals surface area contributed by atoms with Crippen LogP contribution in [0.1, 0.15) is 42.7 Å². The molecular formula is C13H12F4O. The predicted octanol–water partition coefficient (Wildman–Crippen LogP) is 4.07. The number of carbonyl (C=O) groups excluding carboxylic acids is 1. The highest BCUT2D eigenvalue weighted by Gasteiger charge is 2.33. The van der Waals surface area contributed by atoms with Gasteiger partial charge in [-0.3, -0.25) is 4.79 Å². The van der Waals surface area contributed by atoms with Gasteiger partial charge in [-0.05, 0) is 36.6 Å². The van der Waals surface area contributed by atoms with Crippen molar-refractivity contribution in [2.75, 3.05) is 0 Å². The number of alkyl halides is 3. The molecule has 0 N–H and O–H groups in total. The van der Waals surface area contributed by atoms with Crippen molar-refractivity contribution in [3.8, 4) is 0 Å². The van der Waals surface area contributed by atoms with Crippen LogP contribution < -0.4 is 0 Å². The fourth-order valence-corrected chi connectivity index (χ4v) is 2.31. The average Bonchev–Trinajstić information content (AvgIpc) is 2.27. The summed E-state index contributed by atoms with van der Waals surface area (Å²) in [6, 6.07) is 2.37. The van der Waals surface area contributed by atoms with Crippen molar-refractivity contribution in [2.24, 2.45) is 0 Å². The van der Waals surface area contributed by atoms with Crippen molar-refractivity contribution in [2.45, 2.75) is 37.8 Å². The lowest BCUT2D eigenvalue weighted by molar-refractivity contribution is -0.138. The number of halogens is 4. The molecule has 0 spiro atoms. The quantitative estimate of drug-likeness (QED) is 0.695. The lowest BCUT2D eigenvalue weighted by atomic mass is 9.82. The summed E-state index contributed by atoms with van der Waals surface area (Å²) in [5, 5.41) is 0. The van der Waals surface area contributed by atoms with Gasteiger partial charge in [0.25, 0.3) is 0 Å². The maximum atomic E-state index is 13.2. The Morgan fingerprint density at radius 2 is 1.83 bits per heavy atom. The molecule has 0 radical (unpaired) electrons. The Morgan fingerprint density at radius 3 is 2.44 bits per heavy atom. The molecule has 1 fully saturated rings. The standard InChI is InChI=1S/C13H12F4O/c14-10-6-8(5-9(7-10)13(15,16)17)11-3-1-2-4-12(11)18/h5-7,11H,1-4H2/t11-/m0/s1. The van der Waals surface area contributed by atoms with Gasteiger partial charge in [-0.1, -0.05) is 6.42 Å². The Bertz CT molecular complexity index is 465. The topological polar surface area (TPSA) is 17.1 Å². The van der Waals surface area contributed by atoms with E-state index in [4.69, 9.17) is 0 Å². The molecule has 0 aromatic heterocycles. The molecular weight excluding hydrogens is 248 g/mol. The van der Waals surface area contributed by atoms with Gasteiger partial charge in [-0.2, -0.15) is 13.2 Å². The van der Waals surface area contributed by atoms with E-state index in [2.05, 4.69) is 0 Å². The number of carbonyl (C=O) groups is 1. The molecule has 5 heteroatoms. The fraction of sp³-hybridized carbons (Fsp3) is 0.462. The first-order chi connectivity index (χ1) is 8.38. The first-order valence-electron chi connectivity index (χ1n) is 5.78. The summed E-state index contributed by atoms with van der Waals surface area (Å²) in [7, 11) is 0. The van der Waals surface area contributed by atoms with E-state index in [1.54, 1.807) is 0 Å². The van der Waals surface area contributed by atoms with Crippen LogP contribution in [-0.2, 0) is 11.0 Å². The van der Waals surface area contributed by atoms with Gasteiger partial charge in [0.1, 0.15) is 11.6 Å². The number of rotatable bonds is 1. The van der Waals surface area contributed by atoms with Crippen molar-refractivity contribution in [1.82, 2.24) is 0 Å². The van der Waals surface area contributed by atoms with Crippen molar-refractivity contribution in [3.05, 3.63) is 35.1 Å². The summed E-state index contributed by atoms with van der Waals surface area (Å²) < 4.78 is 50.9. The molecule has 1 aliphatic carbocycles. The molecule has 18 heavy (non-hydrogen) atoms. The highest BCUT2D eigenvalue weighted by molar-refractivity contribution is 5.86. The van der Waals surface area contributed by atoms with Crippen LogP contribution in [0.3, 0.4) is 0 Å². The van der Waals surface area contributed by atoms with Crippen LogP contribution >= 0.6 is 0 Å². The van der Waals surface area contributed by atoms with Crippen LogP contribution in [0.2, 0.25) is 0 Å². The zero-order valence-electron chi connectivity index (χ0n) is 9.56. The van der Waals surface area contributed by atoms with Crippen LogP contribution in [0.15, 0.2) is 18.2 Å². The summed E-state index contributed by atoms with van der Waals surface area (Å²) in [5.74, 6) is -1.63. The van der Waals surface area contributed by atoms with E-state index in [-0.39, 0.29) is 11.3 Å². The van der Waals surface area contributed by atoms with Gasteiger partial charge in [0.05, 0.1) is 5.56 Å². The van der Waals surface area contributed by atoms with E-state index in [0.717, 1.165) is 25.0 Å². The SMILES string of the molecule is O=C1CCCC[C@H]1c1cc(F)cc(C(F)(F)F)c1. The third-order valence-corrected chi connectivity index (χ3v) is 3.20. The lowest BCUT2D eigenvalue weighted by Crippen LogP contribution is -2.18. The monoisotopic (exact) mass is 260 g/mol. The van der Waals surface area contributed by atoms with Crippen LogP contribution in [0, 0.1) is 5.82 Å². The Hall–Kier alpha value is -1.39. The minimum atomic E-state index is -4.59. The molecule has 98 valence electrons. The molecule has 1 nitrogen and oxygen atoms in total. The molecule has 1 aromatic carbocycles. The second kappa shape index (κ2) is 4.71. The second-order valence-corrected chi connectivity index (χ2v) is 4.54. The molecule has 1 atom stereocenters. The molecule has 0 bridgehead atoms. The first-order valence-corrected chi connectivity index (χ1v) is 5.78. The van der Waals surface area contributed by atoms with Gasteiger partial charge in [0.2, 0.25) is 0 Å². The highest BCUT2D eigenvalue weighted by Crippen LogP contribution is 2.35. The largest absolute Gasteiger partial charge is 0.416 e. The van der Waals surface area contributed by atoms with Crippen molar-refractivity contribution in [3.63, 3.8) is 0 Å². The number of Topliss-reactive ketones (excluding diaryl/α,β-unsaturated/α-hetero) is 1. The van der Waals surface area contributed by atoms with E-state index in [0.29, 0.717) is 18.9 Å². The maximum Gasteiger partial charge on any atom is 0.416 e. The summed E-state index contributed by atoms with van der Waals surface area (Å²) in [4.78, 5) is 11.7. The highest BCUT2D eigenvalue weighted by atomic mass is 19.4. The molecule has 0 unspecified atom stereocenters. The van der Waals surface area contributed by atoms with E-state index >= 15 is 0 Å². The van der Waals surface area contributed by atoms with Gasteiger partial charge in [-0.15, -0.1) is 0 Å². The Morgan fingerprint density at radius 1 is 1.11 bits per heavy atom. The Labute approximate surface area is 102 Å². The number of hydrogen-bond donors (Lipinski definition) is 0. The molecule has 0 amide bonds. The molecule has 0 saturated heterocycles. The zero-order valence-corrected chi connectivity index (χ0v) is 9.56. The first kappa shape index (κ1) is 13.1. The molecule has 1 saturated carbocycles. The smallest absolute Gasteiger partial charge is 0.299 e. The molecule has 1 aromatic rings.